The van der Waals surface area contributed by atoms with Crippen LogP contribution in [0.4, 0.5) is 5.82 Å². The maximum absolute atomic E-state index is 13.1. The zero-order chi connectivity index (χ0) is 24.0. The van der Waals surface area contributed by atoms with Crippen LogP contribution in [0.1, 0.15) is 63.4 Å². The van der Waals surface area contributed by atoms with E-state index in [1.165, 1.54) is 5.56 Å². The number of Topliss-reactive ketones (excluding diaryl/α,β-unsaturated/α-hetero) is 1. The Morgan fingerprint density at radius 2 is 1.74 bits per heavy atom. The Balaban J connectivity index is 1.40. The molecule has 3 aromatic rings. The van der Waals surface area contributed by atoms with E-state index >= 15 is 0 Å². The van der Waals surface area contributed by atoms with E-state index in [1.54, 1.807) is 0 Å². The molecule has 5 nitrogen and oxygen atoms in total. The van der Waals surface area contributed by atoms with Gasteiger partial charge in [0.2, 0.25) is 0 Å². The highest BCUT2D eigenvalue weighted by Crippen LogP contribution is 2.42. The first kappa shape index (κ1) is 22.9. The molecule has 5 rings (SSSR count). The van der Waals surface area contributed by atoms with Gasteiger partial charge in [0.25, 0.3) is 0 Å². The maximum atomic E-state index is 13.1. The van der Waals surface area contributed by atoms with Crippen LogP contribution < -0.4 is 9.64 Å². The van der Waals surface area contributed by atoms with Crippen LogP contribution in [0.25, 0.3) is 0 Å². The van der Waals surface area contributed by atoms with Crippen molar-refractivity contribution in [3.63, 3.8) is 0 Å². The number of hydrogen-bond acceptors (Lipinski definition) is 5. The Hall–Kier alpha value is -2.92. The van der Waals surface area contributed by atoms with Crippen LogP contribution in [0.15, 0.2) is 36.4 Å². The van der Waals surface area contributed by atoms with Crippen molar-refractivity contribution < 1.29 is 9.53 Å². The van der Waals surface area contributed by atoms with Gasteiger partial charge in [-0.1, -0.05) is 29.8 Å². The van der Waals surface area contributed by atoms with Crippen molar-refractivity contribution in [2.75, 3.05) is 18.0 Å². The third kappa shape index (κ3) is 4.29. The Bertz CT molecular complexity index is 1260. The standard InChI is InChI=1S/C28H30ClN3O2/c1-17-13-18(2)26-24(14-17)25(33)16-28(34-26)9-11-32(12-10-28)27-23(19(3)30-20(4)31-27)15-21-5-7-22(29)8-6-21/h5-8,13-14H,9-12,15-16H2,1-4H3. The molecule has 2 aliphatic heterocycles. The number of anilines is 1. The van der Waals surface area contributed by atoms with Gasteiger partial charge in [-0.05, 0) is 62.6 Å². The van der Waals surface area contributed by atoms with Gasteiger partial charge in [0.15, 0.2) is 5.78 Å². The first-order valence-corrected chi connectivity index (χ1v) is 12.3. The molecule has 0 atom stereocenters. The minimum Gasteiger partial charge on any atom is -0.486 e. The van der Waals surface area contributed by atoms with Gasteiger partial charge in [-0.2, -0.15) is 0 Å². The second-order valence-electron chi connectivity index (χ2n) is 9.79. The largest absolute Gasteiger partial charge is 0.486 e. The summed E-state index contributed by atoms with van der Waals surface area (Å²) in [6.07, 6.45) is 2.76. The summed E-state index contributed by atoms with van der Waals surface area (Å²) in [6, 6.07) is 12.0. The summed E-state index contributed by atoms with van der Waals surface area (Å²) in [5.41, 5.74) is 5.76. The molecule has 0 saturated carbocycles. The molecule has 0 aliphatic carbocycles. The molecule has 2 aliphatic rings. The maximum Gasteiger partial charge on any atom is 0.170 e. The number of ether oxygens (including phenoxy) is 1. The molecule has 0 N–H and O–H groups in total. The molecule has 1 saturated heterocycles. The Morgan fingerprint density at radius 1 is 1.03 bits per heavy atom. The zero-order valence-electron chi connectivity index (χ0n) is 20.2. The molecular formula is C28H30ClN3O2. The highest BCUT2D eigenvalue weighted by atomic mass is 35.5. The minimum atomic E-state index is -0.436. The van der Waals surface area contributed by atoms with E-state index < -0.39 is 5.60 Å². The SMILES string of the molecule is Cc1cc(C)c2c(c1)C(=O)CC1(CCN(c3nc(C)nc(C)c3Cc3ccc(Cl)cc3)CC1)O2. The summed E-state index contributed by atoms with van der Waals surface area (Å²) in [6.45, 7) is 9.63. The molecule has 176 valence electrons. The Morgan fingerprint density at radius 3 is 2.44 bits per heavy atom. The number of carbonyl (C=O) groups is 1. The topological polar surface area (TPSA) is 55.3 Å². The van der Waals surface area contributed by atoms with Gasteiger partial charge in [-0.15, -0.1) is 0 Å². The number of piperidine rings is 1. The molecule has 1 spiro atoms. The summed E-state index contributed by atoms with van der Waals surface area (Å²) < 4.78 is 6.59. The van der Waals surface area contributed by atoms with E-state index in [2.05, 4.69) is 35.0 Å². The molecule has 3 heterocycles. The molecule has 0 bridgehead atoms. The van der Waals surface area contributed by atoms with E-state index in [1.807, 2.05) is 39.0 Å². The normalized spacial score (nSPS) is 17.0. The fourth-order valence-corrected chi connectivity index (χ4v) is 5.46. The predicted molar refractivity (Wildman–Crippen MR) is 135 cm³/mol. The molecule has 0 unspecified atom stereocenters. The summed E-state index contributed by atoms with van der Waals surface area (Å²) in [5.74, 6) is 2.73. The van der Waals surface area contributed by atoms with Crippen molar-refractivity contribution >= 4 is 23.2 Å². The number of aryl methyl sites for hydroxylation is 4. The van der Waals surface area contributed by atoms with Crippen LogP contribution in [0.5, 0.6) is 5.75 Å². The third-order valence-electron chi connectivity index (χ3n) is 7.09. The van der Waals surface area contributed by atoms with Crippen molar-refractivity contribution in [3.8, 4) is 5.75 Å². The highest BCUT2D eigenvalue weighted by molar-refractivity contribution is 6.30. The Kier molecular flexibility index (Phi) is 5.85. The van der Waals surface area contributed by atoms with Crippen molar-refractivity contribution in [2.45, 2.75) is 59.0 Å². The fourth-order valence-electron chi connectivity index (χ4n) is 5.33. The van der Waals surface area contributed by atoms with Gasteiger partial charge in [-0.3, -0.25) is 4.79 Å². The number of ketones is 1. The van der Waals surface area contributed by atoms with Gasteiger partial charge < -0.3 is 9.64 Å². The van der Waals surface area contributed by atoms with Crippen molar-refractivity contribution in [2.24, 2.45) is 0 Å². The van der Waals surface area contributed by atoms with Crippen LogP contribution >= 0.6 is 11.6 Å². The number of nitrogens with zero attached hydrogens (tertiary/aromatic N) is 3. The van der Waals surface area contributed by atoms with E-state index in [0.29, 0.717) is 6.42 Å². The molecule has 1 fully saturated rings. The highest BCUT2D eigenvalue weighted by Gasteiger charge is 2.44. The zero-order valence-corrected chi connectivity index (χ0v) is 21.0. The van der Waals surface area contributed by atoms with E-state index in [4.69, 9.17) is 21.3 Å². The summed E-state index contributed by atoms with van der Waals surface area (Å²) in [4.78, 5) is 24.9. The lowest BCUT2D eigenvalue weighted by molar-refractivity contribution is 0.0225. The first-order valence-electron chi connectivity index (χ1n) is 11.9. The first-order chi connectivity index (χ1) is 16.2. The summed E-state index contributed by atoms with van der Waals surface area (Å²) in [7, 11) is 0. The van der Waals surface area contributed by atoms with Crippen LogP contribution in [-0.4, -0.2) is 34.4 Å². The molecular weight excluding hydrogens is 446 g/mol. The van der Waals surface area contributed by atoms with E-state index in [0.717, 1.165) is 82.7 Å². The number of halogens is 1. The lowest BCUT2D eigenvalue weighted by Crippen LogP contribution is -2.51. The number of rotatable bonds is 3. The molecule has 34 heavy (non-hydrogen) atoms. The average molecular weight is 476 g/mol. The van der Waals surface area contributed by atoms with Gasteiger partial charge in [-0.25, -0.2) is 9.97 Å². The molecule has 2 aromatic carbocycles. The average Bonchev–Trinajstić information content (AvgIpc) is 2.78. The van der Waals surface area contributed by atoms with Crippen molar-refractivity contribution in [1.82, 2.24) is 9.97 Å². The predicted octanol–water partition coefficient (Wildman–Crippen LogP) is 5.96. The van der Waals surface area contributed by atoms with Crippen LogP contribution in [-0.2, 0) is 6.42 Å². The third-order valence-corrected chi connectivity index (χ3v) is 7.34. The van der Waals surface area contributed by atoms with Gasteiger partial charge in [0.05, 0.1) is 12.0 Å². The minimum absolute atomic E-state index is 0.193. The smallest absolute Gasteiger partial charge is 0.170 e. The second-order valence-corrected chi connectivity index (χ2v) is 10.2. The van der Waals surface area contributed by atoms with Gasteiger partial charge in [0, 0.05) is 48.6 Å². The van der Waals surface area contributed by atoms with Crippen molar-refractivity contribution in [1.29, 1.82) is 0 Å². The van der Waals surface area contributed by atoms with E-state index in [9.17, 15) is 4.79 Å². The van der Waals surface area contributed by atoms with Gasteiger partial charge >= 0.3 is 0 Å². The Labute approximate surface area is 206 Å². The number of fused-ring (bicyclic) bond motifs is 1. The monoisotopic (exact) mass is 475 g/mol. The van der Waals surface area contributed by atoms with E-state index in [-0.39, 0.29) is 5.78 Å². The summed E-state index contributed by atoms with van der Waals surface area (Å²) in [5, 5.41) is 0.733. The van der Waals surface area contributed by atoms with Gasteiger partial charge in [0.1, 0.15) is 23.0 Å². The van der Waals surface area contributed by atoms with Crippen LogP contribution in [0, 0.1) is 27.7 Å². The quantitative estimate of drug-likeness (QED) is 0.468. The van der Waals surface area contributed by atoms with Crippen LogP contribution in [0.2, 0.25) is 5.02 Å². The molecule has 1 aromatic heterocycles. The van der Waals surface area contributed by atoms with Crippen molar-refractivity contribution in [3.05, 3.63) is 80.8 Å². The molecule has 0 radical (unpaired) electrons. The number of carbonyl (C=O) groups excluding carboxylic acids is 1. The summed E-state index contributed by atoms with van der Waals surface area (Å²) >= 11 is 6.08. The van der Waals surface area contributed by atoms with Crippen LogP contribution in [0.3, 0.4) is 0 Å². The second kappa shape index (κ2) is 8.70. The fraction of sp³-hybridized carbons (Fsp3) is 0.393. The lowest BCUT2D eigenvalue weighted by atomic mass is 9.81. The molecule has 6 heteroatoms. The molecule has 0 amide bonds. The number of aromatic nitrogens is 2. The number of benzene rings is 2. The number of hydrogen-bond donors (Lipinski definition) is 0. The lowest BCUT2D eigenvalue weighted by Gasteiger charge is -2.45.